The van der Waals surface area contributed by atoms with Crippen LogP contribution in [0.25, 0.3) is 0 Å². The Morgan fingerprint density at radius 3 is 2.26 bits per heavy atom. The first-order valence-corrected chi connectivity index (χ1v) is 8.12. The summed E-state index contributed by atoms with van der Waals surface area (Å²) in [6, 6.07) is 4.06. The highest BCUT2D eigenvalue weighted by molar-refractivity contribution is 7.98. The summed E-state index contributed by atoms with van der Waals surface area (Å²) in [5.74, 6) is -1.09. The molecular formula is C16H24F3NO2S. The number of aryl methyl sites for hydroxylation is 1. The van der Waals surface area contributed by atoms with Gasteiger partial charge in [-0.1, -0.05) is 18.0 Å². The number of phenolic OH excluding ortho intramolecular Hbond substituents is 1. The molecule has 132 valence electrons. The molecule has 0 saturated heterocycles. The third-order valence-electron chi connectivity index (χ3n) is 2.92. The number of benzene rings is 1. The van der Waals surface area contributed by atoms with E-state index in [1.165, 1.54) is 12.1 Å². The van der Waals surface area contributed by atoms with E-state index in [0.29, 0.717) is 12.0 Å². The summed E-state index contributed by atoms with van der Waals surface area (Å²) >= 11 is 1.63. The van der Waals surface area contributed by atoms with E-state index >= 15 is 0 Å². The fraction of sp³-hybridized carbons (Fsp3) is 0.625. The molecule has 1 aromatic rings. The molecule has 0 unspecified atom stereocenters. The highest BCUT2D eigenvalue weighted by atomic mass is 32.2. The molecule has 1 rings (SSSR count). The van der Waals surface area contributed by atoms with Gasteiger partial charge in [-0.2, -0.15) is 0 Å². The maximum Gasteiger partial charge on any atom is 0.573 e. The predicted octanol–water partition coefficient (Wildman–Crippen LogP) is 5.04. The fourth-order valence-corrected chi connectivity index (χ4v) is 2.40. The van der Waals surface area contributed by atoms with Gasteiger partial charge >= 0.3 is 6.36 Å². The molecule has 23 heavy (non-hydrogen) atoms. The lowest BCUT2D eigenvalue weighted by molar-refractivity contribution is -0.275. The van der Waals surface area contributed by atoms with Crippen LogP contribution in [0.15, 0.2) is 18.2 Å². The van der Waals surface area contributed by atoms with Crippen molar-refractivity contribution in [2.45, 2.75) is 64.1 Å². The van der Waals surface area contributed by atoms with Crippen molar-refractivity contribution in [3.8, 4) is 11.5 Å². The number of halogens is 3. The molecule has 0 aliphatic rings. The van der Waals surface area contributed by atoms with Gasteiger partial charge in [0.2, 0.25) is 0 Å². The van der Waals surface area contributed by atoms with Crippen LogP contribution in [0.3, 0.4) is 0 Å². The number of aromatic hydroxyl groups is 1. The molecule has 0 amide bonds. The van der Waals surface area contributed by atoms with Crippen LogP contribution < -0.4 is 9.46 Å². The first-order chi connectivity index (χ1) is 10.3. The Labute approximate surface area is 139 Å². The molecule has 1 aromatic carbocycles. The van der Waals surface area contributed by atoms with Crippen molar-refractivity contribution in [1.82, 2.24) is 4.72 Å². The second-order valence-electron chi connectivity index (χ2n) is 7.05. The molecule has 0 aliphatic carbocycles. The predicted molar refractivity (Wildman–Crippen MR) is 87.7 cm³/mol. The van der Waals surface area contributed by atoms with E-state index in [1.54, 1.807) is 18.0 Å². The lowest BCUT2D eigenvalue weighted by Gasteiger charge is -2.30. The number of rotatable bonds is 6. The average Bonchev–Trinajstić information content (AvgIpc) is 2.35. The largest absolute Gasteiger partial charge is 0.573 e. The molecular weight excluding hydrogens is 327 g/mol. The molecule has 0 spiro atoms. The molecule has 0 aliphatic heterocycles. The normalized spacial score (nSPS) is 13.2. The van der Waals surface area contributed by atoms with Gasteiger partial charge in [0.1, 0.15) is 0 Å². The molecule has 7 heteroatoms. The van der Waals surface area contributed by atoms with Crippen LogP contribution in [-0.4, -0.2) is 21.8 Å². The van der Waals surface area contributed by atoms with Crippen molar-refractivity contribution in [2.75, 3.05) is 0 Å². The molecule has 0 fully saturated rings. The summed E-state index contributed by atoms with van der Waals surface area (Å²) in [6.45, 7) is 10.4. The number of ether oxygens (including phenoxy) is 1. The fourth-order valence-electron chi connectivity index (χ4n) is 1.72. The van der Waals surface area contributed by atoms with Gasteiger partial charge in [-0.15, -0.1) is 13.2 Å². The van der Waals surface area contributed by atoms with Crippen LogP contribution in [0.4, 0.5) is 13.2 Å². The highest BCUT2D eigenvalue weighted by Gasteiger charge is 2.32. The van der Waals surface area contributed by atoms with Crippen LogP contribution >= 0.6 is 11.9 Å². The Hall–Kier alpha value is -1.08. The molecule has 0 bridgehead atoms. The van der Waals surface area contributed by atoms with Gasteiger partial charge in [0.15, 0.2) is 11.5 Å². The van der Waals surface area contributed by atoms with Crippen molar-refractivity contribution in [2.24, 2.45) is 0 Å². The van der Waals surface area contributed by atoms with E-state index in [9.17, 15) is 18.3 Å². The number of nitrogens with one attached hydrogen (secondary N) is 1. The minimum atomic E-state index is -4.82. The highest BCUT2D eigenvalue weighted by Crippen LogP contribution is 2.33. The second kappa shape index (κ2) is 7.21. The molecule has 0 atom stereocenters. The number of alkyl halides is 3. The Bertz CT molecular complexity index is 525. The second-order valence-corrected chi connectivity index (χ2v) is 8.68. The summed E-state index contributed by atoms with van der Waals surface area (Å²) < 4.78 is 44.2. The molecule has 3 nitrogen and oxygen atoms in total. The zero-order valence-electron chi connectivity index (χ0n) is 14.0. The minimum absolute atomic E-state index is 0.0729. The number of hydrogen-bond donors (Lipinski definition) is 2. The van der Waals surface area contributed by atoms with Crippen molar-refractivity contribution in [3.05, 3.63) is 23.8 Å². The Balaban J connectivity index is 2.69. The van der Waals surface area contributed by atoms with Gasteiger partial charge in [-0.25, -0.2) is 0 Å². The Kier molecular flexibility index (Phi) is 6.26. The van der Waals surface area contributed by atoms with Crippen LogP contribution in [-0.2, 0) is 6.42 Å². The topological polar surface area (TPSA) is 41.5 Å². The average molecular weight is 351 g/mol. The van der Waals surface area contributed by atoms with Crippen molar-refractivity contribution in [1.29, 1.82) is 0 Å². The smallest absolute Gasteiger partial charge is 0.504 e. The SMILES string of the molecule is CC(C)(CCc1ccc(O)c(OC(F)(F)F)c1)NSC(C)(C)C. The third-order valence-corrected chi connectivity index (χ3v) is 4.19. The summed E-state index contributed by atoms with van der Waals surface area (Å²) in [5, 5.41) is 9.46. The molecule has 0 saturated carbocycles. The molecule has 0 heterocycles. The van der Waals surface area contributed by atoms with Gasteiger partial charge in [0, 0.05) is 10.3 Å². The Morgan fingerprint density at radius 1 is 1.13 bits per heavy atom. The Morgan fingerprint density at radius 2 is 1.74 bits per heavy atom. The molecule has 0 aromatic heterocycles. The van der Waals surface area contributed by atoms with Crippen LogP contribution in [0, 0.1) is 0 Å². The van der Waals surface area contributed by atoms with Gasteiger partial charge in [-0.05, 0) is 65.2 Å². The van der Waals surface area contributed by atoms with Gasteiger partial charge in [0.05, 0.1) is 0 Å². The zero-order valence-corrected chi connectivity index (χ0v) is 14.9. The maximum atomic E-state index is 12.3. The number of phenols is 1. The van der Waals surface area contributed by atoms with Gasteiger partial charge in [-0.3, -0.25) is 4.72 Å². The minimum Gasteiger partial charge on any atom is -0.504 e. The summed E-state index contributed by atoms with van der Waals surface area (Å²) in [6.07, 6.45) is -3.52. The van der Waals surface area contributed by atoms with Crippen molar-refractivity contribution < 1.29 is 23.0 Å². The standard InChI is InChI=1S/C16H24F3NO2S/c1-14(2,3)23-20-15(4,5)9-8-11-6-7-12(21)13(10-11)22-16(17,18)19/h6-7,10,20-21H,8-9H2,1-5H3. The molecule has 2 N–H and O–H groups in total. The van der Waals surface area contributed by atoms with E-state index in [1.807, 2.05) is 13.8 Å². The zero-order chi connectivity index (χ0) is 17.9. The van der Waals surface area contributed by atoms with E-state index in [-0.39, 0.29) is 10.3 Å². The van der Waals surface area contributed by atoms with Crippen LogP contribution in [0.2, 0.25) is 0 Å². The van der Waals surface area contributed by atoms with Crippen LogP contribution in [0.5, 0.6) is 11.5 Å². The lowest BCUT2D eigenvalue weighted by Crippen LogP contribution is -2.37. The van der Waals surface area contributed by atoms with E-state index in [0.717, 1.165) is 6.42 Å². The first-order valence-electron chi connectivity index (χ1n) is 7.30. The summed E-state index contributed by atoms with van der Waals surface area (Å²) in [5.41, 5.74) is 0.499. The maximum absolute atomic E-state index is 12.3. The van der Waals surface area contributed by atoms with E-state index in [4.69, 9.17) is 0 Å². The quantitative estimate of drug-likeness (QED) is 0.705. The summed E-state index contributed by atoms with van der Waals surface area (Å²) in [4.78, 5) is 0. The monoisotopic (exact) mass is 351 g/mol. The van der Waals surface area contributed by atoms with Crippen molar-refractivity contribution >= 4 is 11.9 Å². The van der Waals surface area contributed by atoms with Crippen molar-refractivity contribution in [3.63, 3.8) is 0 Å². The van der Waals surface area contributed by atoms with E-state index < -0.39 is 17.9 Å². The van der Waals surface area contributed by atoms with Gasteiger partial charge < -0.3 is 9.84 Å². The van der Waals surface area contributed by atoms with Gasteiger partial charge in [0.25, 0.3) is 0 Å². The summed E-state index contributed by atoms with van der Waals surface area (Å²) in [7, 11) is 0. The third kappa shape index (κ3) is 8.37. The van der Waals surface area contributed by atoms with E-state index in [2.05, 4.69) is 30.2 Å². The molecule has 0 radical (unpaired) electrons. The lowest BCUT2D eigenvalue weighted by atomic mass is 9.96. The van der Waals surface area contributed by atoms with Crippen LogP contribution in [0.1, 0.15) is 46.6 Å². The first kappa shape index (κ1) is 20.0. The number of hydrogen-bond acceptors (Lipinski definition) is 4.